The van der Waals surface area contributed by atoms with Gasteiger partial charge in [-0.15, -0.1) is 0 Å². The van der Waals surface area contributed by atoms with E-state index in [1.807, 2.05) is 30.0 Å². The SMILES string of the molecule is COCCN(/C=C(/C#N)C(=O)Nc1ccc(C)cc1)CCOC. The van der Waals surface area contributed by atoms with Gasteiger partial charge in [-0.05, 0) is 19.1 Å². The average Bonchev–Trinajstić information content (AvgIpc) is 2.56. The molecular weight excluding hydrogens is 294 g/mol. The van der Waals surface area contributed by atoms with Crippen molar-refractivity contribution in [1.82, 2.24) is 4.90 Å². The summed E-state index contributed by atoms with van der Waals surface area (Å²) in [6.07, 6.45) is 1.54. The molecule has 0 aliphatic carbocycles. The van der Waals surface area contributed by atoms with Gasteiger partial charge in [0.05, 0.1) is 13.2 Å². The maximum absolute atomic E-state index is 12.2. The maximum Gasteiger partial charge on any atom is 0.267 e. The number of carbonyl (C=O) groups is 1. The molecule has 0 bridgehead atoms. The van der Waals surface area contributed by atoms with E-state index in [0.29, 0.717) is 32.0 Å². The van der Waals surface area contributed by atoms with Crippen molar-refractivity contribution in [3.05, 3.63) is 41.6 Å². The highest BCUT2D eigenvalue weighted by Gasteiger charge is 2.11. The molecule has 23 heavy (non-hydrogen) atoms. The quantitative estimate of drug-likeness (QED) is 0.556. The fraction of sp³-hybridized carbons (Fsp3) is 0.412. The Morgan fingerprint density at radius 2 is 1.78 bits per heavy atom. The molecule has 1 aromatic carbocycles. The molecule has 0 aromatic heterocycles. The number of benzene rings is 1. The van der Waals surface area contributed by atoms with Gasteiger partial charge >= 0.3 is 0 Å². The van der Waals surface area contributed by atoms with Gasteiger partial charge in [-0.1, -0.05) is 17.7 Å². The molecule has 1 aromatic rings. The minimum absolute atomic E-state index is 0.0396. The third-order valence-corrected chi connectivity index (χ3v) is 3.15. The molecule has 1 N–H and O–H groups in total. The molecule has 124 valence electrons. The van der Waals surface area contributed by atoms with Crippen molar-refractivity contribution in [2.24, 2.45) is 0 Å². The second-order valence-corrected chi connectivity index (χ2v) is 5.00. The van der Waals surface area contributed by atoms with Crippen LogP contribution in [-0.4, -0.2) is 51.3 Å². The molecule has 0 aliphatic rings. The summed E-state index contributed by atoms with van der Waals surface area (Å²) in [4.78, 5) is 14.1. The second kappa shape index (κ2) is 10.4. The zero-order valence-electron chi connectivity index (χ0n) is 13.8. The molecule has 0 fully saturated rings. The molecule has 6 nitrogen and oxygen atoms in total. The van der Waals surface area contributed by atoms with Gasteiger partial charge in [0, 0.05) is 39.2 Å². The van der Waals surface area contributed by atoms with E-state index in [2.05, 4.69) is 5.32 Å². The Kier molecular flexibility index (Phi) is 8.43. The third kappa shape index (κ3) is 6.96. The van der Waals surface area contributed by atoms with Crippen LogP contribution in [0.3, 0.4) is 0 Å². The molecule has 1 amide bonds. The van der Waals surface area contributed by atoms with Crippen LogP contribution < -0.4 is 5.32 Å². The lowest BCUT2D eigenvalue weighted by atomic mass is 10.2. The lowest BCUT2D eigenvalue weighted by Gasteiger charge is -2.20. The Morgan fingerprint density at radius 3 is 2.26 bits per heavy atom. The largest absolute Gasteiger partial charge is 0.383 e. The van der Waals surface area contributed by atoms with Gasteiger partial charge < -0.3 is 19.7 Å². The summed E-state index contributed by atoms with van der Waals surface area (Å²) >= 11 is 0. The number of amides is 1. The van der Waals surface area contributed by atoms with E-state index in [0.717, 1.165) is 5.56 Å². The molecule has 1 rings (SSSR count). The lowest BCUT2D eigenvalue weighted by Crippen LogP contribution is -2.27. The molecule has 0 saturated heterocycles. The zero-order chi connectivity index (χ0) is 17.1. The summed E-state index contributed by atoms with van der Waals surface area (Å²) in [5.41, 5.74) is 1.80. The van der Waals surface area contributed by atoms with Gasteiger partial charge in [-0.25, -0.2) is 0 Å². The number of hydrogen-bond donors (Lipinski definition) is 1. The highest BCUT2D eigenvalue weighted by atomic mass is 16.5. The summed E-state index contributed by atoms with van der Waals surface area (Å²) in [5, 5.41) is 12.0. The molecule has 0 unspecified atom stereocenters. The van der Waals surface area contributed by atoms with E-state index in [1.54, 1.807) is 32.6 Å². The lowest BCUT2D eigenvalue weighted by molar-refractivity contribution is -0.112. The minimum Gasteiger partial charge on any atom is -0.383 e. The van der Waals surface area contributed by atoms with Crippen molar-refractivity contribution < 1.29 is 14.3 Å². The number of rotatable bonds is 9. The van der Waals surface area contributed by atoms with E-state index in [1.165, 1.54) is 0 Å². The van der Waals surface area contributed by atoms with E-state index >= 15 is 0 Å². The third-order valence-electron chi connectivity index (χ3n) is 3.15. The van der Waals surface area contributed by atoms with Crippen LogP contribution in [0.5, 0.6) is 0 Å². The first-order chi connectivity index (χ1) is 11.1. The fourth-order valence-electron chi connectivity index (χ4n) is 1.81. The predicted molar refractivity (Wildman–Crippen MR) is 88.8 cm³/mol. The maximum atomic E-state index is 12.2. The number of nitrogens with zero attached hydrogens (tertiary/aromatic N) is 2. The van der Waals surface area contributed by atoms with E-state index < -0.39 is 5.91 Å². The molecule has 6 heteroatoms. The van der Waals surface area contributed by atoms with Gasteiger partial charge in [0.15, 0.2) is 0 Å². The first-order valence-corrected chi connectivity index (χ1v) is 7.32. The highest BCUT2D eigenvalue weighted by Crippen LogP contribution is 2.10. The van der Waals surface area contributed by atoms with Gasteiger partial charge in [-0.3, -0.25) is 4.79 Å². The van der Waals surface area contributed by atoms with E-state index in [-0.39, 0.29) is 5.57 Å². The van der Waals surface area contributed by atoms with E-state index in [9.17, 15) is 10.1 Å². The van der Waals surface area contributed by atoms with Crippen molar-refractivity contribution in [2.75, 3.05) is 45.8 Å². The first-order valence-electron chi connectivity index (χ1n) is 7.32. The zero-order valence-corrected chi connectivity index (χ0v) is 13.8. The van der Waals surface area contributed by atoms with Crippen molar-refractivity contribution in [1.29, 1.82) is 5.26 Å². The standard InChI is InChI=1S/C17H23N3O3/c1-14-4-6-16(7-5-14)19-17(21)15(12-18)13-20(8-10-22-2)9-11-23-3/h4-7,13H,8-11H2,1-3H3,(H,19,21)/b15-13-. The van der Waals surface area contributed by atoms with Crippen molar-refractivity contribution >= 4 is 11.6 Å². The minimum atomic E-state index is -0.434. The summed E-state index contributed by atoms with van der Waals surface area (Å²) < 4.78 is 10.1. The van der Waals surface area contributed by atoms with Crippen LogP contribution in [0, 0.1) is 18.3 Å². The summed E-state index contributed by atoms with van der Waals surface area (Å²) in [7, 11) is 3.21. The number of nitriles is 1. The molecule has 0 atom stereocenters. The number of carbonyl (C=O) groups excluding carboxylic acids is 1. The Labute approximate surface area is 137 Å². The van der Waals surface area contributed by atoms with Crippen LogP contribution in [-0.2, 0) is 14.3 Å². The van der Waals surface area contributed by atoms with Crippen LogP contribution in [0.15, 0.2) is 36.0 Å². The highest BCUT2D eigenvalue weighted by molar-refractivity contribution is 6.06. The Bertz CT molecular complexity index is 553. The molecular formula is C17H23N3O3. The molecule has 0 heterocycles. The number of ether oxygens (including phenoxy) is 2. The van der Waals surface area contributed by atoms with Crippen LogP contribution in [0.1, 0.15) is 5.56 Å². The van der Waals surface area contributed by atoms with Crippen LogP contribution in [0.2, 0.25) is 0 Å². The smallest absolute Gasteiger partial charge is 0.267 e. The normalized spacial score (nSPS) is 11.0. The predicted octanol–water partition coefficient (Wildman–Crippen LogP) is 1.94. The first kappa shape index (κ1) is 18.7. The fourth-order valence-corrected chi connectivity index (χ4v) is 1.81. The Hall–Kier alpha value is -2.36. The number of methoxy groups -OCH3 is 2. The number of anilines is 1. The molecule has 0 radical (unpaired) electrons. The van der Waals surface area contributed by atoms with Gasteiger partial charge in [0.2, 0.25) is 0 Å². The number of nitrogens with one attached hydrogen (secondary N) is 1. The van der Waals surface area contributed by atoms with Gasteiger partial charge in [-0.2, -0.15) is 5.26 Å². The van der Waals surface area contributed by atoms with E-state index in [4.69, 9.17) is 9.47 Å². The topological polar surface area (TPSA) is 74.6 Å². The van der Waals surface area contributed by atoms with Crippen molar-refractivity contribution in [3.63, 3.8) is 0 Å². The van der Waals surface area contributed by atoms with Crippen LogP contribution in [0.4, 0.5) is 5.69 Å². The van der Waals surface area contributed by atoms with Crippen LogP contribution in [0.25, 0.3) is 0 Å². The monoisotopic (exact) mass is 317 g/mol. The average molecular weight is 317 g/mol. The summed E-state index contributed by atoms with van der Waals surface area (Å²) in [6.45, 7) is 4.11. The molecule has 0 spiro atoms. The van der Waals surface area contributed by atoms with Crippen LogP contribution >= 0.6 is 0 Å². The summed E-state index contributed by atoms with van der Waals surface area (Å²) in [5.74, 6) is -0.434. The number of hydrogen-bond acceptors (Lipinski definition) is 5. The number of aryl methyl sites for hydroxylation is 1. The molecule has 0 aliphatic heterocycles. The van der Waals surface area contributed by atoms with Crippen molar-refractivity contribution in [2.45, 2.75) is 6.92 Å². The summed E-state index contributed by atoms with van der Waals surface area (Å²) in [6, 6.07) is 9.34. The van der Waals surface area contributed by atoms with Gasteiger partial charge in [0.1, 0.15) is 11.6 Å². The van der Waals surface area contributed by atoms with Gasteiger partial charge in [0.25, 0.3) is 5.91 Å². The second-order valence-electron chi connectivity index (χ2n) is 5.00. The Morgan fingerprint density at radius 1 is 1.22 bits per heavy atom. The Balaban J connectivity index is 2.78. The van der Waals surface area contributed by atoms with Crippen molar-refractivity contribution in [3.8, 4) is 6.07 Å². The molecule has 0 saturated carbocycles.